The highest BCUT2D eigenvalue weighted by atomic mass is 32.2. The fourth-order valence-electron chi connectivity index (χ4n) is 5.35. The van der Waals surface area contributed by atoms with E-state index < -0.39 is 5.25 Å². The maximum atomic E-state index is 13.8. The molecule has 42 heavy (non-hydrogen) atoms. The van der Waals surface area contributed by atoms with Crippen LogP contribution in [0.1, 0.15) is 50.5 Å². The van der Waals surface area contributed by atoms with Crippen molar-refractivity contribution < 1.29 is 9.59 Å². The summed E-state index contributed by atoms with van der Waals surface area (Å²) in [6.07, 6.45) is 2.88. The van der Waals surface area contributed by atoms with Gasteiger partial charge in [0.05, 0.1) is 5.56 Å². The van der Waals surface area contributed by atoms with Gasteiger partial charge in [-0.3, -0.25) is 9.59 Å². The molecule has 1 aliphatic carbocycles. The summed E-state index contributed by atoms with van der Waals surface area (Å²) in [5, 5.41) is 18.2. The van der Waals surface area contributed by atoms with Crippen LogP contribution < -0.4 is 10.6 Å². The second-order valence-electron chi connectivity index (χ2n) is 10.6. The minimum Gasteiger partial charge on any atom is -0.322 e. The molecule has 2 atom stereocenters. The summed E-state index contributed by atoms with van der Waals surface area (Å²) >= 11 is 2.95. The van der Waals surface area contributed by atoms with Crippen LogP contribution >= 0.6 is 23.1 Å². The molecule has 1 heterocycles. The Labute approximate surface area is 253 Å². The van der Waals surface area contributed by atoms with Crippen LogP contribution in [0.2, 0.25) is 0 Å². The molecule has 4 aromatic carbocycles. The maximum Gasteiger partial charge on any atom is 0.255 e. The van der Waals surface area contributed by atoms with Gasteiger partial charge in [0, 0.05) is 21.0 Å². The summed E-state index contributed by atoms with van der Waals surface area (Å²) in [4.78, 5) is 28.9. The zero-order valence-electron chi connectivity index (χ0n) is 23.1. The van der Waals surface area contributed by atoms with E-state index in [1.165, 1.54) is 28.0 Å². The number of nitriles is 1. The van der Waals surface area contributed by atoms with Crippen molar-refractivity contribution in [2.45, 2.75) is 36.3 Å². The Morgan fingerprint density at radius 1 is 0.929 bits per heavy atom. The Balaban J connectivity index is 1.23. The quantitative estimate of drug-likeness (QED) is 0.187. The topological polar surface area (TPSA) is 82.0 Å². The zero-order chi connectivity index (χ0) is 29.1. The number of carbonyl (C=O) groups excluding carboxylic acids is 2. The lowest BCUT2D eigenvalue weighted by molar-refractivity contribution is -0.115. The Bertz CT molecular complexity index is 1820. The number of carbonyl (C=O) groups is 2. The second-order valence-corrected chi connectivity index (χ2v) is 12.9. The molecular formula is C35H29N3O2S2. The molecule has 0 radical (unpaired) electrons. The van der Waals surface area contributed by atoms with E-state index in [-0.39, 0.29) is 11.8 Å². The zero-order valence-corrected chi connectivity index (χ0v) is 24.7. The molecule has 6 rings (SSSR count). The summed E-state index contributed by atoms with van der Waals surface area (Å²) in [5.74, 6) is 0.202. The summed E-state index contributed by atoms with van der Waals surface area (Å²) in [6.45, 7) is 2.23. The number of hydrogen-bond acceptors (Lipinski definition) is 5. The second kappa shape index (κ2) is 12.2. The van der Waals surface area contributed by atoms with Crippen molar-refractivity contribution >= 4 is 56.4 Å². The predicted octanol–water partition coefficient (Wildman–Crippen LogP) is 8.62. The molecule has 0 spiro atoms. The predicted molar refractivity (Wildman–Crippen MR) is 172 cm³/mol. The fraction of sp³-hybridized carbons (Fsp3) is 0.171. The van der Waals surface area contributed by atoms with Gasteiger partial charge in [-0.1, -0.05) is 73.7 Å². The molecule has 7 heteroatoms. The molecule has 0 bridgehead atoms. The minimum atomic E-state index is -0.553. The summed E-state index contributed by atoms with van der Waals surface area (Å²) in [7, 11) is 0. The molecule has 5 aromatic rings. The van der Waals surface area contributed by atoms with Crippen molar-refractivity contribution in [2.24, 2.45) is 5.92 Å². The van der Waals surface area contributed by atoms with Gasteiger partial charge < -0.3 is 10.6 Å². The van der Waals surface area contributed by atoms with Crippen LogP contribution in [0, 0.1) is 17.2 Å². The Morgan fingerprint density at radius 3 is 2.52 bits per heavy atom. The van der Waals surface area contributed by atoms with Crippen LogP contribution in [-0.2, 0) is 17.6 Å². The summed E-state index contributed by atoms with van der Waals surface area (Å²) in [5.41, 5.74) is 3.78. The lowest BCUT2D eigenvalue weighted by atomic mass is 9.88. The molecule has 0 aliphatic heterocycles. The largest absolute Gasteiger partial charge is 0.322 e. The molecule has 0 fully saturated rings. The third-order valence-corrected chi connectivity index (χ3v) is 9.98. The maximum absolute atomic E-state index is 13.8. The van der Waals surface area contributed by atoms with Crippen LogP contribution in [0.15, 0.2) is 102 Å². The van der Waals surface area contributed by atoms with Gasteiger partial charge in [0.1, 0.15) is 16.3 Å². The van der Waals surface area contributed by atoms with E-state index in [2.05, 4.69) is 23.6 Å². The highest BCUT2D eigenvalue weighted by Gasteiger charge is 2.28. The summed E-state index contributed by atoms with van der Waals surface area (Å²) < 4.78 is 0. The van der Waals surface area contributed by atoms with Crippen LogP contribution in [-0.4, -0.2) is 11.8 Å². The molecule has 2 amide bonds. The average Bonchev–Trinajstić information content (AvgIpc) is 3.35. The first-order valence-corrected chi connectivity index (χ1v) is 15.7. The van der Waals surface area contributed by atoms with Crippen molar-refractivity contribution in [1.82, 2.24) is 0 Å². The highest BCUT2D eigenvalue weighted by Crippen LogP contribution is 2.42. The third kappa shape index (κ3) is 5.96. The van der Waals surface area contributed by atoms with Crippen LogP contribution in [0.5, 0.6) is 0 Å². The molecule has 0 saturated carbocycles. The standard InChI is InChI=1S/C35H29N3O2S2/c1-22-14-17-29-30(21-36)35(42-31(29)18-22)38-34(40)32(24-9-3-2-4-10-24)41-28-13-7-12-27(20-28)37-33(39)26-16-15-23-8-5-6-11-25(23)19-26/h2-13,15-16,19-20,22,32H,14,17-18H2,1H3,(H,37,39)(H,38,40). The molecule has 2 unspecified atom stereocenters. The van der Waals surface area contributed by atoms with E-state index in [1.807, 2.05) is 97.1 Å². The van der Waals surface area contributed by atoms with Crippen LogP contribution in [0.4, 0.5) is 10.7 Å². The van der Waals surface area contributed by atoms with Gasteiger partial charge in [0.15, 0.2) is 0 Å². The molecular weight excluding hydrogens is 559 g/mol. The van der Waals surface area contributed by atoms with Gasteiger partial charge in [-0.15, -0.1) is 23.1 Å². The normalized spacial score (nSPS) is 14.9. The van der Waals surface area contributed by atoms with Crippen molar-refractivity contribution in [3.63, 3.8) is 0 Å². The molecule has 1 aromatic heterocycles. The van der Waals surface area contributed by atoms with Gasteiger partial charge in [-0.25, -0.2) is 0 Å². The van der Waals surface area contributed by atoms with Gasteiger partial charge >= 0.3 is 0 Å². The summed E-state index contributed by atoms with van der Waals surface area (Å²) in [6, 6.07) is 33.1. The molecule has 208 valence electrons. The number of thiophene rings is 1. The van der Waals surface area contributed by atoms with Crippen LogP contribution in [0.25, 0.3) is 10.8 Å². The Morgan fingerprint density at radius 2 is 1.71 bits per heavy atom. The first-order chi connectivity index (χ1) is 20.5. The smallest absolute Gasteiger partial charge is 0.255 e. The monoisotopic (exact) mass is 587 g/mol. The molecule has 5 nitrogen and oxygen atoms in total. The van der Waals surface area contributed by atoms with E-state index in [0.717, 1.165) is 46.1 Å². The number of benzene rings is 4. The van der Waals surface area contributed by atoms with E-state index >= 15 is 0 Å². The van der Waals surface area contributed by atoms with Crippen molar-refractivity contribution in [2.75, 3.05) is 10.6 Å². The minimum absolute atomic E-state index is 0.181. The number of nitrogens with one attached hydrogen (secondary N) is 2. The Kier molecular flexibility index (Phi) is 8.09. The Hall–Kier alpha value is -4.38. The molecule has 1 aliphatic rings. The van der Waals surface area contributed by atoms with E-state index in [9.17, 15) is 14.9 Å². The van der Waals surface area contributed by atoms with E-state index in [0.29, 0.717) is 27.7 Å². The number of fused-ring (bicyclic) bond motifs is 2. The van der Waals surface area contributed by atoms with Crippen LogP contribution in [0.3, 0.4) is 0 Å². The van der Waals surface area contributed by atoms with Crippen molar-refractivity contribution in [3.05, 3.63) is 124 Å². The molecule has 2 N–H and O–H groups in total. The fourth-order valence-corrected chi connectivity index (χ4v) is 7.80. The SMILES string of the molecule is CC1CCc2c(sc(NC(=O)C(Sc3cccc(NC(=O)c4ccc5ccccc5c4)c3)c3ccccc3)c2C#N)C1. The average molecular weight is 588 g/mol. The number of anilines is 2. The number of rotatable bonds is 7. The number of thioether (sulfide) groups is 1. The first kappa shape index (κ1) is 27.8. The van der Waals surface area contributed by atoms with Gasteiger partial charge in [0.2, 0.25) is 5.91 Å². The van der Waals surface area contributed by atoms with Crippen molar-refractivity contribution in [3.8, 4) is 6.07 Å². The lowest BCUT2D eigenvalue weighted by Crippen LogP contribution is -2.19. The van der Waals surface area contributed by atoms with E-state index in [1.54, 1.807) is 0 Å². The number of nitrogens with zero attached hydrogens (tertiary/aromatic N) is 1. The number of hydrogen-bond donors (Lipinski definition) is 2. The van der Waals surface area contributed by atoms with E-state index in [4.69, 9.17) is 0 Å². The van der Waals surface area contributed by atoms with Gasteiger partial charge in [0.25, 0.3) is 5.91 Å². The van der Waals surface area contributed by atoms with Gasteiger partial charge in [-0.05, 0) is 77.4 Å². The first-order valence-electron chi connectivity index (χ1n) is 14.0. The third-order valence-electron chi connectivity index (χ3n) is 7.56. The number of amides is 2. The lowest BCUT2D eigenvalue weighted by Gasteiger charge is -2.17. The molecule has 0 saturated heterocycles. The van der Waals surface area contributed by atoms with Gasteiger partial charge in [-0.2, -0.15) is 5.26 Å². The highest BCUT2D eigenvalue weighted by molar-refractivity contribution is 8.00. The van der Waals surface area contributed by atoms with Crippen molar-refractivity contribution in [1.29, 1.82) is 5.26 Å².